The van der Waals surface area contributed by atoms with Gasteiger partial charge in [-0.05, 0) is 5.56 Å². The van der Waals surface area contributed by atoms with E-state index in [1.807, 2.05) is 30.3 Å². The van der Waals surface area contributed by atoms with Crippen molar-refractivity contribution in [3.05, 3.63) is 57.5 Å². The number of methoxy groups -OCH3 is 1. The zero-order valence-electron chi connectivity index (χ0n) is 16.6. The first-order chi connectivity index (χ1) is 11.7. The normalized spacial score (nSPS) is 23.5. The summed E-state index contributed by atoms with van der Waals surface area (Å²) in [7, 11) is 1.16. The molecule has 0 saturated heterocycles. The maximum Gasteiger partial charge on any atom is 1.00 e. The molecule has 0 aliphatic heterocycles. The van der Waals surface area contributed by atoms with Gasteiger partial charge in [-0.2, -0.15) is 0 Å². The van der Waals surface area contributed by atoms with Gasteiger partial charge in [0.25, 0.3) is 0 Å². The number of hydrogen-bond donors (Lipinski definition) is 0. The van der Waals surface area contributed by atoms with E-state index in [4.69, 9.17) is 32.7 Å². The first-order valence-corrected chi connectivity index (χ1v) is 8.05. The molecule has 2 unspecified atom stereocenters. The molecule has 0 fully saturated rings. The van der Waals surface area contributed by atoms with Crippen LogP contribution in [0.5, 0.6) is 0 Å². The Morgan fingerprint density at radius 2 is 1.61 bits per heavy atom. The van der Waals surface area contributed by atoms with Crippen molar-refractivity contribution in [3.8, 4) is 11.8 Å². The second-order valence-electron chi connectivity index (χ2n) is 5.48. The van der Waals surface area contributed by atoms with Crippen LogP contribution in [0.3, 0.4) is 0 Å². The van der Waals surface area contributed by atoms with Crippen LogP contribution in [-0.2, 0) is 16.1 Å². The Labute approximate surface area is 211 Å². The molecule has 0 saturated carbocycles. The van der Waals surface area contributed by atoms with Crippen molar-refractivity contribution in [1.29, 1.82) is 0 Å². The van der Waals surface area contributed by atoms with E-state index in [2.05, 4.69) is 11.8 Å². The fraction of sp³-hybridized carbons (Fsp3) is 0.333. The Bertz CT molecular complexity index is 772. The van der Waals surface area contributed by atoms with Crippen LogP contribution in [0.4, 0.5) is 0 Å². The van der Waals surface area contributed by atoms with Crippen molar-refractivity contribution < 1.29 is 81.4 Å². The molecule has 2 rings (SSSR count). The van der Waals surface area contributed by atoms with E-state index < -0.39 is 32.8 Å². The second kappa shape index (κ2) is 12.7. The first-order valence-electron chi connectivity index (χ1n) is 7.30. The average molecular weight is 403 g/mol. The van der Waals surface area contributed by atoms with E-state index in [1.54, 1.807) is 0 Å². The van der Waals surface area contributed by atoms with Crippen LogP contribution in [0.2, 0.25) is 0 Å². The summed E-state index contributed by atoms with van der Waals surface area (Å²) in [6.45, 7) is 1.26. The molecule has 134 valence electrons. The van der Waals surface area contributed by atoms with Gasteiger partial charge in [0.05, 0.1) is 13.7 Å². The molecule has 2 atom stereocenters. The molecule has 10 heteroatoms. The number of halogens is 2. The molecular weight excluding hydrogens is 388 g/mol. The van der Waals surface area contributed by atoms with Crippen LogP contribution >= 0.6 is 23.2 Å². The van der Waals surface area contributed by atoms with Crippen LogP contribution in [0.25, 0.3) is 0 Å². The number of rotatable bonds is 4. The largest absolute Gasteiger partial charge is 1.00 e. The Hall–Kier alpha value is 0.112. The third-order valence-corrected chi connectivity index (χ3v) is 4.60. The summed E-state index contributed by atoms with van der Waals surface area (Å²) in [6, 6.07) is 9.39. The molecule has 5 nitrogen and oxygen atoms in total. The fourth-order valence-electron chi connectivity index (χ4n) is 2.24. The predicted octanol–water partition coefficient (Wildman–Crippen LogP) is -8.64. The molecule has 0 N–H and O–H groups in total. The number of benzene rings is 1. The van der Waals surface area contributed by atoms with Crippen molar-refractivity contribution in [2.24, 2.45) is 0 Å². The first kappa shape index (κ1) is 30.3. The van der Waals surface area contributed by atoms with Gasteiger partial charge in [-0.15, -0.1) is 5.76 Å². The van der Waals surface area contributed by atoms with Crippen LogP contribution in [0.1, 0.15) is 12.5 Å². The molecule has 0 bridgehead atoms. The van der Waals surface area contributed by atoms with Crippen LogP contribution in [0, 0.1) is 11.8 Å². The quantitative estimate of drug-likeness (QED) is 0.283. The summed E-state index contributed by atoms with van der Waals surface area (Å²) in [6.07, 6.45) is 0. The standard InChI is InChI=1S/C18H16Cl2O5.3Li/c1-17(22)14(20)16(24-2)18(23,13(19)15(17)21)9-6-10-25-11-12-7-4-3-5-8-12;;;/h3-5,7-8,21H,10-11H2,1-2H3;;;/q-2;3*+1/p-1. The van der Waals surface area contributed by atoms with Gasteiger partial charge in [0.15, 0.2) is 0 Å². The molecule has 0 radical (unpaired) electrons. The average Bonchev–Trinajstić information content (AvgIpc) is 2.60. The summed E-state index contributed by atoms with van der Waals surface area (Å²) in [5.41, 5.74) is -3.95. The number of ether oxygens (including phenoxy) is 2. The summed E-state index contributed by atoms with van der Waals surface area (Å²) >= 11 is 11.7. The minimum absolute atomic E-state index is 0. The van der Waals surface area contributed by atoms with Crippen molar-refractivity contribution in [1.82, 2.24) is 0 Å². The van der Waals surface area contributed by atoms with Gasteiger partial charge in [-0.3, -0.25) is 0 Å². The van der Waals surface area contributed by atoms with Gasteiger partial charge in [0, 0.05) is 15.7 Å². The predicted molar refractivity (Wildman–Crippen MR) is 87.8 cm³/mol. The van der Waals surface area contributed by atoms with Gasteiger partial charge in [0.2, 0.25) is 0 Å². The van der Waals surface area contributed by atoms with E-state index in [9.17, 15) is 15.3 Å². The molecule has 1 aliphatic rings. The Morgan fingerprint density at radius 1 is 1.04 bits per heavy atom. The molecule has 0 heterocycles. The van der Waals surface area contributed by atoms with E-state index in [0.717, 1.165) is 19.6 Å². The van der Waals surface area contributed by atoms with Crippen LogP contribution in [-0.4, -0.2) is 24.9 Å². The van der Waals surface area contributed by atoms with Gasteiger partial charge in [-0.25, -0.2) is 0 Å². The topological polar surface area (TPSA) is 87.6 Å². The Balaban J connectivity index is 0. The zero-order chi connectivity index (χ0) is 18.7. The third-order valence-electron chi connectivity index (χ3n) is 3.63. The van der Waals surface area contributed by atoms with Gasteiger partial charge in [0.1, 0.15) is 12.4 Å². The molecule has 1 aromatic rings. The van der Waals surface area contributed by atoms with Gasteiger partial charge >= 0.3 is 56.6 Å². The van der Waals surface area contributed by atoms with Crippen LogP contribution < -0.4 is 71.9 Å². The van der Waals surface area contributed by atoms with E-state index in [-0.39, 0.29) is 63.2 Å². The monoisotopic (exact) mass is 402 g/mol. The fourth-order valence-corrected chi connectivity index (χ4v) is 2.85. The summed E-state index contributed by atoms with van der Waals surface area (Å²) in [4.78, 5) is 0. The van der Waals surface area contributed by atoms with Crippen LogP contribution in [0.15, 0.2) is 51.9 Å². The Kier molecular flexibility index (Phi) is 13.8. The molecule has 0 aromatic heterocycles. The Morgan fingerprint density at radius 3 is 2.14 bits per heavy atom. The maximum atomic E-state index is 12.9. The minimum Gasteiger partial charge on any atom is -0.875 e. The number of hydrogen-bond acceptors (Lipinski definition) is 5. The van der Waals surface area contributed by atoms with E-state index in [1.165, 1.54) is 0 Å². The van der Waals surface area contributed by atoms with E-state index >= 15 is 0 Å². The molecular formula is C18H15Cl2Li3O5. The van der Waals surface area contributed by atoms with Crippen molar-refractivity contribution in [3.63, 3.8) is 0 Å². The van der Waals surface area contributed by atoms with Crippen molar-refractivity contribution in [2.45, 2.75) is 24.7 Å². The second-order valence-corrected chi connectivity index (χ2v) is 6.24. The third kappa shape index (κ3) is 6.30. The molecule has 0 amide bonds. The van der Waals surface area contributed by atoms with Gasteiger partial charge < -0.3 is 24.8 Å². The minimum atomic E-state index is -2.52. The maximum absolute atomic E-state index is 12.9. The smallest absolute Gasteiger partial charge is 0.875 e. The van der Waals surface area contributed by atoms with Crippen molar-refractivity contribution in [2.75, 3.05) is 13.7 Å². The summed E-state index contributed by atoms with van der Waals surface area (Å²) in [5.74, 6) is 3.24. The molecule has 1 aliphatic carbocycles. The molecule has 28 heavy (non-hydrogen) atoms. The summed E-state index contributed by atoms with van der Waals surface area (Å²) < 4.78 is 10.3. The van der Waals surface area contributed by atoms with E-state index in [0.29, 0.717) is 6.61 Å². The zero-order valence-corrected chi connectivity index (χ0v) is 18.1. The SMILES string of the molecule is COC1=C(Cl)C(C)([O-])C([O-])=C(Cl)C1([O-])C#CCOCc1ccccc1.[Li+].[Li+].[Li+]. The molecule has 0 spiro atoms. The van der Waals surface area contributed by atoms with Gasteiger partial charge in [-0.1, -0.05) is 77.9 Å². The molecule has 1 aromatic carbocycles. The summed E-state index contributed by atoms with van der Waals surface area (Å²) in [5, 5.41) is 35.9. The van der Waals surface area contributed by atoms with Crippen molar-refractivity contribution >= 4 is 23.2 Å².